The summed E-state index contributed by atoms with van der Waals surface area (Å²) in [6, 6.07) is 19.7. The van der Waals surface area contributed by atoms with E-state index in [4.69, 9.17) is 9.47 Å². The number of nitrogens with one attached hydrogen (secondary N) is 3. The van der Waals surface area contributed by atoms with Crippen LogP contribution in [-0.4, -0.2) is 43.0 Å². The number of carbonyl (C=O) groups is 4. The number of H-pyrrole nitrogens is 1. The van der Waals surface area contributed by atoms with Gasteiger partial charge in [-0.05, 0) is 30.3 Å². The van der Waals surface area contributed by atoms with Crippen LogP contribution >= 0.6 is 0 Å². The summed E-state index contributed by atoms with van der Waals surface area (Å²) in [6.07, 6.45) is 0. The second-order valence-electron chi connectivity index (χ2n) is 7.40. The molecule has 0 spiro atoms. The van der Waals surface area contributed by atoms with E-state index >= 15 is 0 Å². The summed E-state index contributed by atoms with van der Waals surface area (Å²) in [7, 11) is 2.49. The molecular formula is C26H21N3O6. The zero-order valence-corrected chi connectivity index (χ0v) is 18.9. The van der Waals surface area contributed by atoms with Gasteiger partial charge in [-0.15, -0.1) is 0 Å². The van der Waals surface area contributed by atoms with E-state index in [2.05, 4.69) is 15.6 Å². The van der Waals surface area contributed by atoms with Crippen molar-refractivity contribution in [3.05, 3.63) is 95.2 Å². The molecule has 35 heavy (non-hydrogen) atoms. The van der Waals surface area contributed by atoms with Gasteiger partial charge in [0.05, 0.1) is 42.3 Å². The number of fused-ring (bicyclic) bond motifs is 1. The minimum atomic E-state index is -0.635. The number of para-hydroxylation sites is 3. The van der Waals surface area contributed by atoms with Crippen molar-refractivity contribution in [3.63, 3.8) is 0 Å². The largest absolute Gasteiger partial charge is 0.465 e. The molecule has 0 unspecified atom stereocenters. The molecule has 4 rings (SSSR count). The molecule has 1 heterocycles. The summed E-state index contributed by atoms with van der Waals surface area (Å²) in [6.45, 7) is 0. The number of hydrogen-bond acceptors (Lipinski definition) is 6. The van der Waals surface area contributed by atoms with E-state index in [-0.39, 0.29) is 33.8 Å². The number of rotatable bonds is 6. The normalized spacial score (nSPS) is 10.5. The molecule has 0 aliphatic carbocycles. The Hall–Kier alpha value is -4.92. The molecule has 0 bridgehead atoms. The van der Waals surface area contributed by atoms with Gasteiger partial charge in [0.1, 0.15) is 5.69 Å². The van der Waals surface area contributed by atoms with Crippen LogP contribution in [0.5, 0.6) is 0 Å². The number of amides is 2. The first-order valence-corrected chi connectivity index (χ1v) is 10.5. The molecule has 0 saturated heterocycles. The third-order valence-electron chi connectivity index (χ3n) is 5.32. The summed E-state index contributed by atoms with van der Waals surface area (Å²) in [5, 5.41) is 5.89. The quantitative estimate of drug-likeness (QED) is 0.361. The summed E-state index contributed by atoms with van der Waals surface area (Å²) in [5.74, 6) is -2.47. The highest BCUT2D eigenvalue weighted by molar-refractivity contribution is 6.22. The van der Waals surface area contributed by atoms with Crippen LogP contribution in [0.15, 0.2) is 72.8 Å². The first-order valence-electron chi connectivity index (χ1n) is 10.5. The SMILES string of the molecule is COC(=O)c1ccccc1NC(=O)c1[nH]c2ccccc2c1C(=O)Nc1ccccc1C(=O)OC. The lowest BCUT2D eigenvalue weighted by Crippen LogP contribution is -2.21. The molecule has 3 N–H and O–H groups in total. The van der Waals surface area contributed by atoms with Gasteiger partial charge in [0.15, 0.2) is 0 Å². The highest BCUT2D eigenvalue weighted by Gasteiger charge is 2.25. The van der Waals surface area contributed by atoms with E-state index in [1.807, 2.05) is 0 Å². The van der Waals surface area contributed by atoms with Crippen molar-refractivity contribution in [1.82, 2.24) is 4.98 Å². The molecule has 0 saturated carbocycles. The van der Waals surface area contributed by atoms with Gasteiger partial charge >= 0.3 is 11.9 Å². The molecule has 3 aromatic carbocycles. The van der Waals surface area contributed by atoms with Crippen LogP contribution in [0.1, 0.15) is 41.6 Å². The lowest BCUT2D eigenvalue weighted by atomic mass is 10.1. The summed E-state index contributed by atoms with van der Waals surface area (Å²) >= 11 is 0. The van der Waals surface area contributed by atoms with Crippen molar-refractivity contribution < 1.29 is 28.7 Å². The van der Waals surface area contributed by atoms with E-state index in [0.717, 1.165) is 0 Å². The molecular weight excluding hydrogens is 450 g/mol. The van der Waals surface area contributed by atoms with Crippen LogP contribution in [0.4, 0.5) is 11.4 Å². The van der Waals surface area contributed by atoms with Crippen molar-refractivity contribution in [1.29, 1.82) is 0 Å². The Labute approximate surface area is 200 Å². The highest BCUT2D eigenvalue weighted by Crippen LogP contribution is 2.26. The molecule has 0 atom stereocenters. The number of esters is 2. The number of ether oxygens (including phenoxy) is 2. The fourth-order valence-electron chi connectivity index (χ4n) is 3.68. The second kappa shape index (κ2) is 9.92. The minimum Gasteiger partial charge on any atom is -0.465 e. The van der Waals surface area contributed by atoms with Gasteiger partial charge in [0, 0.05) is 10.9 Å². The molecule has 2 amide bonds. The topological polar surface area (TPSA) is 127 Å². The van der Waals surface area contributed by atoms with E-state index in [1.165, 1.54) is 26.4 Å². The van der Waals surface area contributed by atoms with Crippen LogP contribution in [0, 0.1) is 0 Å². The maximum absolute atomic E-state index is 13.4. The predicted octanol–water partition coefficient (Wildman–Crippen LogP) is 4.25. The fraction of sp³-hybridized carbons (Fsp3) is 0.0769. The Morgan fingerprint density at radius 3 is 1.71 bits per heavy atom. The number of aromatic nitrogens is 1. The maximum Gasteiger partial charge on any atom is 0.339 e. The van der Waals surface area contributed by atoms with Crippen molar-refractivity contribution >= 4 is 46.0 Å². The van der Waals surface area contributed by atoms with E-state index in [0.29, 0.717) is 10.9 Å². The van der Waals surface area contributed by atoms with Gasteiger partial charge in [-0.25, -0.2) is 9.59 Å². The van der Waals surface area contributed by atoms with Crippen LogP contribution in [0.3, 0.4) is 0 Å². The smallest absolute Gasteiger partial charge is 0.339 e. The van der Waals surface area contributed by atoms with Crippen LogP contribution in [0.2, 0.25) is 0 Å². The lowest BCUT2D eigenvalue weighted by molar-refractivity contribution is 0.0592. The Balaban J connectivity index is 1.74. The summed E-state index contributed by atoms with van der Waals surface area (Å²) in [4.78, 5) is 53.9. The van der Waals surface area contributed by atoms with Crippen molar-refractivity contribution in [2.24, 2.45) is 0 Å². The van der Waals surface area contributed by atoms with Crippen molar-refractivity contribution in [2.45, 2.75) is 0 Å². The lowest BCUT2D eigenvalue weighted by Gasteiger charge is -2.12. The third-order valence-corrected chi connectivity index (χ3v) is 5.32. The molecule has 4 aromatic rings. The molecule has 0 radical (unpaired) electrons. The second-order valence-corrected chi connectivity index (χ2v) is 7.40. The number of aromatic amines is 1. The monoisotopic (exact) mass is 471 g/mol. The predicted molar refractivity (Wildman–Crippen MR) is 130 cm³/mol. The van der Waals surface area contributed by atoms with Crippen LogP contribution < -0.4 is 10.6 Å². The Kier molecular flexibility index (Phi) is 6.59. The van der Waals surface area contributed by atoms with Crippen LogP contribution in [0.25, 0.3) is 10.9 Å². The molecule has 0 aliphatic rings. The summed E-state index contributed by atoms with van der Waals surface area (Å²) < 4.78 is 9.57. The number of anilines is 2. The van der Waals surface area contributed by atoms with Crippen molar-refractivity contribution in [2.75, 3.05) is 24.9 Å². The van der Waals surface area contributed by atoms with Gasteiger partial charge in [0.25, 0.3) is 11.8 Å². The molecule has 0 aliphatic heterocycles. The molecule has 1 aromatic heterocycles. The Morgan fingerprint density at radius 2 is 1.14 bits per heavy atom. The molecule has 176 valence electrons. The van der Waals surface area contributed by atoms with Crippen molar-refractivity contribution in [3.8, 4) is 0 Å². The average molecular weight is 471 g/mol. The standard InChI is InChI=1S/C26H21N3O6/c1-34-25(32)16-10-4-7-13-19(16)28-23(30)21-15-9-3-6-12-18(15)27-22(21)24(31)29-20-14-8-5-11-17(20)26(33)35-2/h3-14,27H,1-2H3,(H,28,30)(H,29,31). The van der Waals surface area contributed by atoms with Gasteiger partial charge in [-0.3, -0.25) is 9.59 Å². The number of benzene rings is 3. The number of hydrogen-bond donors (Lipinski definition) is 3. The first kappa shape index (κ1) is 23.2. The minimum absolute atomic E-state index is 0.0149. The molecule has 0 fully saturated rings. The molecule has 9 nitrogen and oxygen atoms in total. The van der Waals surface area contributed by atoms with E-state index < -0.39 is 23.8 Å². The van der Waals surface area contributed by atoms with Gasteiger partial charge in [0.2, 0.25) is 0 Å². The summed E-state index contributed by atoms with van der Waals surface area (Å²) in [5.41, 5.74) is 1.42. The van der Waals surface area contributed by atoms with E-state index in [9.17, 15) is 19.2 Å². The zero-order chi connectivity index (χ0) is 24.9. The Bertz CT molecular complexity index is 1460. The first-order chi connectivity index (χ1) is 16.9. The van der Waals surface area contributed by atoms with Gasteiger partial charge in [-0.2, -0.15) is 0 Å². The Morgan fingerprint density at radius 1 is 0.657 bits per heavy atom. The van der Waals surface area contributed by atoms with E-state index in [1.54, 1.807) is 60.7 Å². The third kappa shape index (κ3) is 4.60. The van der Waals surface area contributed by atoms with Crippen LogP contribution in [-0.2, 0) is 9.47 Å². The number of methoxy groups -OCH3 is 2. The van der Waals surface area contributed by atoms with Gasteiger partial charge in [-0.1, -0.05) is 42.5 Å². The highest BCUT2D eigenvalue weighted by atomic mass is 16.5. The molecule has 9 heteroatoms. The van der Waals surface area contributed by atoms with Gasteiger partial charge < -0.3 is 25.1 Å². The maximum atomic E-state index is 13.4. The average Bonchev–Trinajstić information content (AvgIpc) is 3.28. The number of carbonyl (C=O) groups excluding carboxylic acids is 4. The zero-order valence-electron chi connectivity index (χ0n) is 18.9. The fourth-order valence-corrected chi connectivity index (χ4v) is 3.68.